The maximum absolute atomic E-state index is 12.5. The molecule has 0 bridgehead atoms. The number of alkyl halides is 2. The third-order valence-corrected chi connectivity index (χ3v) is 5.02. The van der Waals surface area contributed by atoms with Crippen LogP contribution in [0.25, 0.3) is 11.3 Å². The third kappa shape index (κ3) is 4.42. The van der Waals surface area contributed by atoms with Gasteiger partial charge in [-0.3, -0.25) is 9.48 Å². The molecule has 3 rings (SSSR count). The number of carbonyl (C=O) groups excluding carboxylic acids is 1. The largest absolute Gasteiger partial charge is 0.434 e. The lowest BCUT2D eigenvalue weighted by atomic mass is 10.1. The Bertz CT molecular complexity index is 974. The summed E-state index contributed by atoms with van der Waals surface area (Å²) in [6.45, 7) is 0.586. The van der Waals surface area contributed by atoms with E-state index in [1.54, 1.807) is 37.4 Å². The van der Waals surface area contributed by atoms with Crippen LogP contribution in [0.5, 0.6) is 5.75 Å². The predicted octanol–water partition coefficient (Wildman–Crippen LogP) is 4.52. The van der Waals surface area contributed by atoms with Crippen LogP contribution >= 0.6 is 22.9 Å². The topological polar surface area (TPSA) is 69.0 Å². The number of rotatable bonds is 6. The van der Waals surface area contributed by atoms with Gasteiger partial charge in [-0.1, -0.05) is 23.7 Å². The molecule has 0 spiro atoms. The first-order valence-corrected chi connectivity index (χ1v) is 9.10. The van der Waals surface area contributed by atoms with Gasteiger partial charge in [0.05, 0.1) is 22.1 Å². The second kappa shape index (κ2) is 8.01. The van der Waals surface area contributed by atoms with Crippen molar-refractivity contribution in [2.45, 2.75) is 27.0 Å². The van der Waals surface area contributed by atoms with Gasteiger partial charge in [-0.15, -0.1) is 11.3 Å². The molecule has 2 aromatic heterocycles. The second-order valence-corrected chi connectivity index (χ2v) is 6.84. The van der Waals surface area contributed by atoms with E-state index in [-0.39, 0.29) is 18.2 Å². The van der Waals surface area contributed by atoms with Gasteiger partial charge >= 0.3 is 6.61 Å². The van der Waals surface area contributed by atoms with E-state index >= 15 is 0 Å². The maximum atomic E-state index is 12.5. The molecule has 0 aliphatic rings. The zero-order chi connectivity index (χ0) is 19.6. The minimum atomic E-state index is -2.93. The average Bonchev–Trinajstić information content (AvgIpc) is 3.16. The van der Waals surface area contributed by atoms with Gasteiger partial charge in [-0.2, -0.15) is 13.9 Å². The molecule has 0 saturated heterocycles. The van der Waals surface area contributed by atoms with E-state index in [4.69, 9.17) is 11.6 Å². The Morgan fingerprint density at radius 1 is 1.37 bits per heavy atom. The molecule has 0 atom stereocenters. The monoisotopic (exact) mass is 412 g/mol. The summed E-state index contributed by atoms with van der Waals surface area (Å²) in [5, 5.41) is 9.40. The summed E-state index contributed by atoms with van der Waals surface area (Å²) in [5.74, 6) is -0.303. The third-order valence-electron chi connectivity index (χ3n) is 3.72. The molecule has 0 fully saturated rings. The van der Waals surface area contributed by atoms with Gasteiger partial charge < -0.3 is 10.1 Å². The second-order valence-electron chi connectivity index (χ2n) is 5.60. The number of carbonyl (C=O) groups is 1. The van der Waals surface area contributed by atoms with E-state index in [0.29, 0.717) is 32.8 Å². The van der Waals surface area contributed by atoms with E-state index in [0.717, 1.165) is 0 Å². The van der Waals surface area contributed by atoms with Gasteiger partial charge in [-0.25, -0.2) is 4.98 Å². The average molecular weight is 413 g/mol. The van der Waals surface area contributed by atoms with Crippen LogP contribution in [-0.2, 0) is 11.3 Å². The standard InChI is InChI=1S/C17H15ClF2N4O2S/c1-9-15(18)10(2)24(23-9)7-14(25)22-17-21-12(8-27-17)11-5-3-4-6-13(11)26-16(19)20/h3-6,8,16H,7H2,1-2H3,(H,21,22,25). The summed E-state index contributed by atoms with van der Waals surface area (Å²) in [7, 11) is 0. The lowest BCUT2D eigenvalue weighted by Crippen LogP contribution is -2.20. The van der Waals surface area contributed by atoms with Crippen LogP contribution in [0.3, 0.4) is 0 Å². The zero-order valence-corrected chi connectivity index (χ0v) is 15.9. The number of hydrogen-bond donors (Lipinski definition) is 1. The highest BCUT2D eigenvalue weighted by atomic mass is 35.5. The lowest BCUT2D eigenvalue weighted by molar-refractivity contribution is -0.116. The Kier molecular flexibility index (Phi) is 5.71. The maximum Gasteiger partial charge on any atom is 0.387 e. The Labute approximate surface area is 162 Å². The first-order chi connectivity index (χ1) is 12.8. The fourth-order valence-corrected chi connectivity index (χ4v) is 3.32. The number of para-hydroxylation sites is 1. The molecule has 1 aromatic carbocycles. The molecule has 3 aromatic rings. The number of nitrogens with zero attached hydrogens (tertiary/aromatic N) is 3. The van der Waals surface area contributed by atoms with Crippen molar-refractivity contribution >= 4 is 34.0 Å². The number of aromatic nitrogens is 3. The fraction of sp³-hybridized carbons (Fsp3) is 0.235. The van der Waals surface area contributed by atoms with E-state index in [1.807, 2.05) is 0 Å². The summed E-state index contributed by atoms with van der Waals surface area (Å²) in [4.78, 5) is 16.5. The Balaban J connectivity index is 1.73. The molecule has 1 N–H and O–H groups in total. The van der Waals surface area contributed by atoms with Crippen LogP contribution in [0.1, 0.15) is 11.4 Å². The van der Waals surface area contributed by atoms with Crippen LogP contribution < -0.4 is 10.1 Å². The number of anilines is 1. The number of amides is 1. The predicted molar refractivity (Wildman–Crippen MR) is 99.5 cm³/mol. The summed E-state index contributed by atoms with van der Waals surface area (Å²) in [6, 6.07) is 6.34. The molecular formula is C17H15ClF2N4O2S. The van der Waals surface area contributed by atoms with Crippen LogP contribution in [-0.4, -0.2) is 27.3 Å². The van der Waals surface area contributed by atoms with Crippen molar-refractivity contribution in [3.05, 3.63) is 46.1 Å². The molecule has 0 aliphatic carbocycles. The fourth-order valence-electron chi connectivity index (χ4n) is 2.46. The summed E-state index contributed by atoms with van der Waals surface area (Å²) < 4.78 is 31.1. The number of benzene rings is 1. The van der Waals surface area contributed by atoms with Crippen LogP contribution in [0.2, 0.25) is 5.02 Å². The minimum absolute atomic E-state index is 0.0145. The van der Waals surface area contributed by atoms with Crippen molar-refractivity contribution in [3.8, 4) is 17.0 Å². The van der Waals surface area contributed by atoms with Gasteiger partial charge in [0.15, 0.2) is 5.13 Å². The van der Waals surface area contributed by atoms with Crippen molar-refractivity contribution in [2.75, 3.05) is 5.32 Å². The lowest BCUT2D eigenvalue weighted by Gasteiger charge is -2.08. The number of aryl methyl sites for hydroxylation is 1. The quantitative estimate of drug-likeness (QED) is 0.646. The molecule has 1 amide bonds. The molecule has 0 aliphatic heterocycles. The van der Waals surface area contributed by atoms with Crippen molar-refractivity contribution < 1.29 is 18.3 Å². The van der Waals surface area contributed by atoms with Crippen LogP contribution in [0.4, 0.5) is 13.9 Å². The summed E-state index contributed by atoms with van der Waals surface area (Å²) >= 11 is 7.25. The number of hydrogen-bond acceptors (Lipinski definition) is 5. The molecule has 2 heterocycles. The molecule has 27 heavy (non-hydrogen) atoms. The normalized spacial score (nSPS) is 11.0. The molecule has 142 valence electrons. The van der Waals surface area contributed by atoms with E-state index in [9.17, 15) is 13.6 Å². The first-order valence-electron chi connectivity index (χ1n) is 7.84. The smallest absolute Gasteiger partial charge is 0.387 e. The van der Waals surface area contributed by atoms with Crippen LogP contribution in [0, 0.1) is 13.8 Å². The number of halogens is 3. The van der Waals surface area contributed by atoms with Crippen molar-refractivity contribution in [3.63, 3.8) is 0 Å². The van der Waals surface area contributed by atoms with E-state index in [2.05, 4.69) is 20.1 Å². The SMILES string of the molecule is Cc1nn(CC(=O)Nc2nc(-c3ccccc3OC(F)F)cs2)c(C)c1Cl. The Morgan fingerprint density at radius 3 is 2.78 bits per heavy atom. The Hall–Kier alpha value is -2.52. The molecule has 0 unspecified atom stereocenters. The zero-order valence-electron chi connectivity index (χ0n) is 14.4. The molecule has 0 saturated carbocycles. The highest BCUT2D eigenvalue weighted by Gasteiger charge is 2.16. The van der Waals surface area contributed by atoms with Crippen LogP contribution in [0.15, 0.2) is 29.6 Å². The molecule has 6 nitrogen and oxygen atoms in total. The van der Waals surface area contributed by atoms with Gasteiger partial charge in [0, 0.05) is 10.9 Å². The molecule has 0 radical (unpaired) electrons. The molecule has 10 heteroatoms. The van der Waals surface area contributed by atoms with Gasteiger partial charge in [-0.05, 0) is 26.0 Å². The van der Waals surface area contributed by atoms with Gasteiger partial charge in [0.25, 0.3) is 0 Å². The highest BCUT2D eigenvalue weighted by Crippen LogP contribution is 2.33. The van der Waals surface area contributed by atoms with Crippen molar-refractivity contribution in [2.24, 2.45) is 0 Å². The number of nitrogens with one attached hydrogen (secondary N) is 1. The van der Waals surface area contributed by atoms with Gasteiger partial charge in [0.2, 0.25) is 5.91 Å². The number of thiazole rings is 1. The summed E-state index contributed by atoms with van der Waals surface area (Å²) in [5.41, 5.74) is 2.19. The van der Waals surface area contributed by atoms with E-state index in [1.165, 1.54) is 22.1 Å². The van der Waals surface area contributed by atoms with Crippen molar-refractivity contribution in [1.82, 2.24) is 14.8 Å². The number of ether oxygens (including phenoxy) is 1. The molecular weight excluding hydrogens is 398 g/mol. The highest BCUT2D eigenvalue weighted by molar-refractivity contribution is 7.14. The van der Waals surface area contributed by atoms with Gasteiger partial charge in [0.1, 0.15) is 12.3 Å². The first kappa shape index (κ1) is 19.2. The van der Waals surface area contributed by atoms with E-state index < -0.39 is 6.61 Å². The van der Waals surface area contributed by atoms with Crippen molar-refractivity contribution in [1.29, 1.82) is 0 Å². The Morgan fingerprint density at radius 2 is 2.11 bits per heavy atom. The summed E-state index contributed by atoms with van der Waals surface area (Å²) in [6.07, 6.45) is 0. The minimum Gasteiger partial charge on any atom is -0.434 e.